The average molecular weight is 191 g/mol. The summed E-state index contributed by atoms with van der Waals surface area (Å²) in [5.41, 5.74) is 0. The number of nitrogens with zero attached hydrogens (tertiary/aromatic N) is 2. The normalized spacial score (nSPS) is 11.2. The Morgan fingerprint density at radius 3 is 2.75 bits per heavy atom. The summed E-state index contributed by atoms with van der Waals surface area (Å²) < 4.78 is 4.56. The average Bonchev–Trinajstić information content (AvgIpc) is 1.98. The Morgan fingerprint density at radius 2 is 2.25 bits per heavy atom. The van der Waals surface area contributed by atoms with Crippen LogP contribution in [0.5, 0.6) is 0 Å². The quantitative estimate of drug-likeness (QED) is 0.171. The van der Waals surface area contributed by atoms with Crippen LogP contribution >= 0.6 is 12.0 Å². The van der Waals surface area contributed by atoms with Gasteiger partial charge in [-0.05, 0) is 0 Å². The largest absolute Gasteiger partial charge is 0.317 e. The lowest BCUT2D eigenvalue weighted by atomic mass is 10.4. The van der Waals surface area contributed by atoms with Crippen molar-refractivity contribution in [1.82, 2.24) is 0 Å². The second-order valence-corrected chi connectivity index (χ2v) is 4.02. The molecule has 0 atom stereocenters. The van der Waals surface area contributed by atoms with Crippen LogP contribution in [0.4, 0.5) is 0 Å². The topological polar surface area (TPSA) is 53.2 Å². The van der Waals surface area contributed by atoms with Crippen molar-refractivity contribution >= 4 is 12.0 Å². The lowest BCUT2D eigenvalue weighted by molar-refractivity contribution is -0.883. The summed E-state index contributed by atoms with van der Waals surface area (Å²) in [6.45, 7) is 1.44. The van der Waals surface area contributed by atoms with Crippen LogP contribution < -0.4 is 0 Å². The standard InChI is InChI=1S/C7H14N2O2S/c1-9(2,6-4-8)5-3-7-12-11-10/h3,5-7H2,1-2H3/p+1. The molecule has 0 saturated heterocycles. The van der Waals surface area contributed by atoms with Crippen molar-refractivity contribution in [2.24, 2.45) is 0 Å². The molecule has 0 aromatic rings. The van der Waals surface area contributed by atoms with Crippen molar-refractivity contribution < 1.29 is 14.1 Å². The zero-order chi connectivity index (χ0) is 9.45. The van der Waals surface area contributed by atoms with Crippen LogP contribution in [0, 0.1) is 11.3 Å². The van der Waals surface area contributed by atoms with Crippen molar-refractivity contribution in [2.75, 3.05) is 32.9 Å². The van der Waals surface area contributed by atoms with Crippen molar-refractivity contribution in [2.45, 2.75) is 6.42 Å². The van der Waals surface area contributed by atoms with Gasteiger partial charge in [-0.25, -0.2) is 5.26 Å². The predicted octanol–water partition coefficient (Wildman–Crippen LogP) is 1.11. The van der Waals surface area contributed by atoms with Crippen LogP contribution in [0.1, 0.15) is 6.42 Å². The minimum absolute atomic E-state index is 0.519. The van der Waals surface area contributed by atoms with Crippen molar-refractivity contribution in [1.29, 1.82) is 5.26 Å². The molecule has 0 heterocycles. The Balaban J connectivity index is 3.42. The molecule has 0 aromatic heterocycles. The molecule has 0 fully saturated rings. The van der Waals surface area contributed by atoms with Gasteiger partial charge in [0.2, 0.25) is 0 Å². The summed E-state index contributed by atoms with van der Waals surface area (Å²) >= 11 is 1.03. The van der Waals surface area contributed by atoms with Crippen molar-refractivity contribution in [3.63, 3.8) is 0 Å². The van der Waals surface area contributed by atoms with Crippen LogP contribution in [-0.2, 0) is 4.33 Å². The van der Waals surface area contributed by atoms with Crippen LogP contribution in [0.15, 0.2) is 0 Å². The first-order chi connectivity index (χ1) is 5.62. The summed E-state index contributed by atoms with van der Waals surface area (Å²) in [5.74, 6) is 0.754. The Bertz CT molecular complexity index is 156. The summed E-state index contributed by atoms with van der Waals surface area (Å²) in [5, 5.41) is 16.5. The SMILES string of the molecule is C[N+](C)(CC#N)CCCSOO. The number of hydrogen-bond acceptors (Lipinski definition) is 4. The molecular weight excluding hydrogens is 176 g/mol. The molecule has 0 rings (SSSR count). The molecule has 5 heteroatoms. The molecule has 0 amide bonds. The fourth-order valence-electron chi connectivity index (χ4n) is 0.859. The lowest BCUT2D eigenvalue weighted by Gasteiger charge is -2.26. The lowest BCUT2D eigenvalue weighted by Crippen LogP contribution is -2.40. The van der Waals surface area contributed by atoms with Gasteiger partial charge >= 0.3 is 0 Å². The highest BCUT2D eigenvalue weighted by atomic mass is 32.2. The van der Waals surface area contributed by atoms with E-state index in [9.17, 15) is 0 Å². The molecule has 0 bridgehead atoms. The summed E-state index contributed by atoms with van der Waals surface area (Å²) in [6.07, 6.45) is 0.930. The molecule has 0 radical (unpaired) electrons. The monoisotopic (exact) mass is 191 g/mol. The van der Waals surface area contributed by atoms with Crippen LogP contribution in [0.3, 0.4) is 0 Å². The van der Waals surface area contributed by atoms with Gasteiger partial charge in [0, 0.05) is 24.2 Å². The van der Waals surface area contributed by atoms with Gasteiger partial charge in [-0.15, -0.1) is 0 Å². The molecule has 0 spiro atoms. The summed E-state index contributed by atoms with van der Waals surface area (Å²) in [7, 11) is 4.02. The maximum absolute atomic E-state index is 8.47. The third kappa shape index (κ3) is 6.43. The first-order valence-corrected chi connectivity index (χ1v) is 4.65. The third-order valence-electron chi connectivity index (χ3n) is 1.54. The molecule has 70 valence electrons. The Kier molecular flexibility index (Phi) is 6.11. The van der Waals surface area contributed by atoms with E-state index >= 15 is 0 Å². The summed E-state index contributed by atoms with van der Waals surface area (Å²) in [6, 6.07) is 2.13. The highest BCUT2D eigenvalue weighted by Gasteiger charge is 2.12. The zero-order valence-corrected chi connectivity index (χ0v) is 8.30. The fraction of sp³-hybridized carbons (Fsp3) is 0.857. The highest BCUT2D eigenvalue weighted by molar-refractivity contribution is 7.94. The molecule has 0 aliphatic heterocycles. The predicted molar refractivity (Wildman–Crippen MR) is 48.2 cm³/mol. The first kappa shape index (κ1) is 11.7. The number of rotatable bonds is 6. The minimum Gasteiger partial charge on any atom is -0.317 e. The highest BCUT2D eigenvalue weighted by Crippen LogP contribution is 2.05. The number of nitriles is 1. The maximum atomic E-state index is 8.47. The van der Waals surface area contributed by atoms with E-state index in [4.69, 9.17) is 10.5 Å². The zero-order valence-electron chi connectivity index (χ0n) is 7.49. The Hall–Kier alpha value is -0.280. The van der Waals surface area contributed by atoms with Crippen LogP contribution in [0.2, 0.25) is 0 Å². The van der Waals surface area contributed by atoms with Gasteiger partial charge in [0.05, 0.1) is 20.6 Å². The molecular formula is C7H15N2O2S+. The molecule has 0 aliphatic carbocycles. The molecule has 1 N–H and O–H groups in total. The fourth-order valence-corrected chi connectivity index (χ4v) is 1.18. The molecule has 0 saturated carbocycles. The Morgan fingerprint density at radius 1 is 1.58 bits per heavy atom. The van der Waals surface area contributed by atoms with Gasteiger partial charge in [0.25, 0.3) is 0 Å². The van der Waals surface area contributed by atoms with E-state index in [0.29, 0.717) is 11.0 Å². The van der Waals surface area contributed by atoms with E-state index in [0.717, 1.165) is 30.8 Å². The van der Waals surface area contributed by atoms with E-state index in [-0.39, 0.29) is 0 Å². The number of hydrogen-bond donors (Lipinski definition) is 1. The third-order valence-corrected chi connectivity index (χ3v) is 2.10. The van der Waals surface area contributed by atoms with Crippen LogP contribution in [0.25, 0.3) is 0 Å². The van der Waals surface area contributed by atoms with E-state index in [1.54, 1.807) is 0 Å². The molecule has 0 aromatic carbocycles. The molecule has 0 unspecified atom stereocenters. The second-order valence-electron chi connectivity index (χ2n) is 3.23. The Labute approximate surface area is 77.5 Å². The minimum atomic E-state index is 0.519. The van der Waals surface area contributed by atoms with Gasteiger partial charge in [-0.3, -0.25) is 0 Å². The summed E-state index contributed by atoms with van der Waals surface area (Å²) in [4.78, 5) is 0. The maximum Gasteiger partial charge on any atom is 0.166 e. The van der Waals surface area contributed by atoms with Crippen molar-refractivity contribution in [3.05, 3.63) is 0 Å². The van der Waals surface area contributed by atoms with Crippen LogP contribution in [-0.4, -0.2) is 42.7 Å². The van der Waals surface area contributed by atoms with Gasteiger partial charge in [0.15, 0.2) is 6.54 Å². The smallest absolute Gasteiger partial charge is 0.166 e. The van der Waals surface area contributed by atoms with Gasteiger partial charge in [-0.2, -0.15) is 9.60 Å². The number of quaternary nitrogens is 1. The molecule has 0 aliphatic rings. The second kappa shape index (κ2) is 6.26. The van der Waals surface area contributed by atoms with E-state index < -0.39 is 0 Å². The van der Waals surface area contributed by atoms with Gasteiger partial charge in [0.1, 0.15) is 6.07 Å². The molecule has 12 heavy (non-hydrogen) atoms. The van der Waals surface area contributed by atoms with Gasteiger partial charge in [-0.1, -0.05) is 0 Å². The van der Waals surface area contributed by atoms with E-state index in [1.165, 1.54) is 0 Å². The van der Waals surface area contributed by atoms with E-state index in [1.807, 2.05) is 14.1 Å². The van der Waals surface area contributed by atoms with Crippen molar-refractivity contribution in [3.8, 4) is 6.07 Å². The first-order valence-electron chi connectivity index (χ1n) is 3.74. The molecule has 4 nitrogen and oxygen atoms in total. The van der Waals surface area contributed by atoms with Gasteiger partial charge < -0.3 is 4.48 Å². The van der Waals surface area contributed by atoms with E-state index in [2.05, 4.69) is 10.4 Å².